The molecule has 0 radical (unpaired) electrons. The third kappa shape index (κ3) is 2.12. The molecule has 3 rings (SSSR count). The number of fused-ring (bicyclic) bond motifs is 1. The van der Waals surface area contributed by atoms with Crippen LogP contribution in [0.15, 0.2) is 12.1 Å². The molecule has 0 atom stereocenters. The van der Waals surface area contributed by atoms with Gasteiger partial charge in [0.25, 0.3) is 0 Å². The van der Waals surface area contributed by atoms with E-state index in [2.05, 4.69) is 0 Å². The average molecular weight is 269 g/mol. The second-order valence-corrected chi connectivity index (χ2v) is 5.45. The van der Waals surface area contributed by atoms with E-state index in [4.69, 9.17) is 26.2 Å². The van der Waals surface area contributed by atoms with E-state index in [1.165, 1.54) is 0 Å². The topological polar surface area (TPSA) is 55.8 Å². The van der Waals surface area contributed by atoms with E-state index in [0.717, 1.165) is 12.8 Å². The molecule has 2 aliphatic rings. The quantitative estimate of drug-likeness (QED) is 0.895. The molecule has 1 fully saturated rings. The lowest BCUT2D eigenvalue weighted by Gasteiger charge is -2.10. The fourth-order valence-electron chi connectivity index (χ4n) is 2.07. The molecule has 0 saturated heterocycles. The normalized spacial score (nSPS) is 19.4. The van der Waals surface area contributed by atoms with Gasteiger partial charge in [-0.3, -0.25) is 4.79 Å². The van der Waals surface area contributed by atoms with Gasteiger partial charge in [0.1, 0.15) is 0 Å². The molecule has 18 heavy (non-hydrogen) atoms. The maximum absolute atomic E-state index is 10.7. The predicted octanol–water partition coefficient (Wildman–Crippen LogP) is 2.52. The van der Waals surface area contributed by atoms with Crippen molar-refractivity contribution >= 4 is 17.6 Å². The SMILES string of the molecule is O=C(O)Cc1cc2c(cc1Cl)OCC1(CC1)CO2. The number of halogens is 1. The summed E-state index contributed by atoms with van der Waals surface area (Å²) in [5.41, 5.74) is 0.719. The van der Waals surface area contributed by atoms with Crippen LogP contribution in [0.25, 0.3) is 0 Å². The first-order valence-corrected chi connectivity index (χ1v) is 6.26. The van der Waals surface area contributed by atoms with Crippen molar-refractivity contribution in [3.63, 3.8) is 0 Å². The molecule has 0 amide bonds. The standard InChI is InChI=1S/C13H13ClO4/c14-9-5-11-10(3-8(9)4-12(15)16)17-6-13(1-2-13)7-18-11/h3,5H,1-2,4,6-7H2,(H,15,16). The van der Waals surface area contributed by atoms with Gasteiger partial charge in [-0.15, -0.1) is 0 Å². The molecule has 5 heteroatoms. The minimum absolute atomic E-state index is 0.110. The van der Waals surface area contributed by atoms with Crippen LogP contribution in [0.2, 0.25) is 5.02 Å². The number of benzene rings is 1. The number of hydrogen-bond donors (Lipinski definition) is 1. The van der Waals surface area contributed by atoms with E-state index in [-0.39, 0.29) is 11.8 Å². The first kappa shape index (κ1) is 11.7. The molecule has 1 spiro atoms. The van der Waals surface area contributed by atoms with Crippen LogP contribution in [-0.2, 0) is 11.2 Å². The van der Waals surface area contributed by atoms with Crippen LogP contribution in [0.1, 0.15) is 18.4 Å². The number of carbonyl (C=O) groups is 1. The zero-order chi connectivity index (χ0) is 12.8. The summed E-state index contributed by atoms with van der Waals surface area (Å²) >= 11 is 6.05. The summed E-state index contributed by atoms with van der Waals surface area (Å²) in [5.74, 6) is 0.294. The third-order valence-electron chi connectivity index (χ3n) is 3.48. The Morgan fingerprint density at radius 1 is 1.28 bits per heavy atom. The van der Waals surface area contributed by atoms with Crippen LogP contribution < -0.4 is 9.47 Å². The minimum Gasteiger partial charge on any atom is -0.489 e. The van der Waals surface area contributed by atoms with Gasteiger partial charge in [-0.2, -0.15) is 0 Å². The van der Waals surface area contributed by atoms with Crippen molar-refractivity contribution in [2.45, 2.75) is 19.3 Å². The molecule has 0 aromatic heterocycles. The van der Waals surface area contributed by atoms with Crippen molar-refractivity contribution in [3.05, 3.63) is 22.7 Å². The number of hydrogen-bond acceptors (Lipinski definition) is 3. The van der Waals surface area contributed by atoms with E-state index >= 15 is 0 Å². The summed E-state index contributed by atoms with van der Waals surface area (Å²) in [6.07, 6.45) is 2.13. The molecule has 0 unspecified atom stereocenters. The second-order valence-electron chi connectivity index (χ2n) is 5.04. The largest absolute Gasteiger partial charge is 0.489 e. The Hall–Kier alpha value is -1.42. The average Bonchev–Trinajstić information content (AvgIpc) is 3.09. The number of rotatable bonds is 2. The monoisotopic (exact) mass is 268 g/mol. The second kappa shape index (κ2) is 4.05. The maximum atomic E-state index is 10.7. The fraction of sp³-hybridized carbons (Fsp3) is 0.462. The molecule has 4 nitrogen and oxygen atoms in total. The van der Waals surface area contributed by atoms with Gasteiger partial charge in [-0.25, -0.2) is 0 Å². The zero-order valence-electron chi connectivity index (χ0n) is 9.74. The van der Waals surface area contributed by atoms with E-state index in [1.807, 2.05) is 0 Å². The van der Waals surface area contributed by atoms with E-state index in [9.17, 15) is 4.79 Å². The molecule has 1 aromatic rings. The summed E-state index contributed by atoms with van der Waals surface area (Å²) < 4.78 is 11.4. The molecule has 1 aliphatic carbocycles. The van der Waals surface area contributed by atoms with Crippen molar-refractivity contribution < 1.29 is 19.4 Å². The van der Waals surface area contributed by atoms with E-state index in [1.54, 1.807) is 12.1 Å². The lowest BCUT2D eigenvalue weighted by molar-refractivity contribution is -0.136. The highest BCUT2D eigenvalue weighted by Crippen LogP contribution is 2.49. The van der Waals surface area contributed by atoms with Gasteiger partial charge in [0, 0.05) is 16.5 Å². The Morgan fingerprint density at radius 3 is 2.44 bits per heavy atom. The molecule has 1 N–H and O–H groups in total. The molecule has 1 heterocycles. The van der Waals surface area contributed by atoms with Gasteiger partial charge in [0.2, 0.25) is 0 Å². The Morgan fingerprint density at radius 2 is 1.89 bits per heavy atom. The zero-order valence-corrected chi connectivity index (χ0v) is 10.5. The van der Waals surface area contributed by atoms with Gasteiger partial charge in [-0.05, 0) is 24.5 Å². The highest BCUT2D eigenvalue weighted by atomic mass is 35.5. The Labute approximate surface area is 109 Å². The Kier molecular flexibility index (Phi) is 2.63. The molecule has 96 valence electrons. The maximum Gasteiger partial charge on any atom is 0.307 e. The highest BCUT2D eigenvalue weighted by molar-refractivity contribution is 6.31. The van der Waals surface area contributed by atoms with Gasteiger partial charge >= 0.3 is 5.97 Å². The Balaban J connectivity index is 1.90. The molecule has 0 bridgehead atoms. The molecule has 1 aliphatic heterocycles. The van der Waals surface area contributed by atoms with Crippen LogP contribution >= 0.6 is 11.6 Å². The van der Waals surface area contributed by atoms with E-state index < -0.39 is 5.97 Å². The molecule has 1 aromatic carbocycles. The number of carboxylic acids is 1. The fourth-order valence-corrected chi connectivity index (χ4v) is 2.29. The summed E-state index contributed by atoms with van der Waals surface area (Å²) in [6.45, 7) is 1.28. The van der Waals surface area contributed by atoms with Crippen LogP contribution in [0, 0.1) is 5.41 Å². The van der Waals surface area contributed by atoms with Gasteiger partial charge in [0.05, 0.1) is 19.6 Å². The molecular formula is C13H13ClO4. The van der Waals surface area contributed by atoms with Gasteiger partial charge in [0.15, 0.2) is 11.5 Å². The first-order valence-electron chi connectivity index (χ1n) is 5.88. The predicted molar refractivity (Wildman–Crippen MR) is 65.4 cm³/mol. The minimum atomic E-state index is -0.912. The lowest BCUT2D eigenvalue weighted by atomic mass is 10.1. The van der Waals surface area contributed by atoms with Gasteiger partial charge < -0.3 is 14.6 Å². The molecule has 1 saturated carbocycles. The van der Waals surface area contributed by atoms with Crippen molar-refractivity contribution in [3.8, 4) is 11.5 Å². The summed E-state index contributed by atoms with van der Waals surface area (Å²) in [7, 11) is 0. The van der Waals surface area contributed by atoms with Crippen molar-refractivity contribution in [1.82, 2.24) is 0 Å². The number of ether oxygens (including phenoxy) is 2. The van der Waals surface area contributed by atoms with Crippen molar-refractivity contribution in [2.75, 3.05) is 13.2 Å². The lowest BCUT2D eigenvalue weighted by Crippen LogP contribution is -2.17. The molecular weight excluding hydrogens is 256 g/mol. The summed E-state index contributed by atoms with van der Waals surface area (Å²) in [6, 6.07) is 3.32. The third-order valence-corrected chi connectivity index (χ3v) is 3.83. The van der Waals surface area contributed by atoms with Crippen LogP contribution in [0.5, 0.6) is 11.5 Å². The van der Waals surface area contributed by atoms with Crippen LogP contribution in [0.4, 0.5) is 0 Å². The number of aliphatic carboxylic acids is 1. The van der Waals surface area contributed by atoms with Crippen LogP contribution in [0.3, 0.4) is 0 Å². The summed E-state index contributed by atoms with van der Waals surface area (Å²) in [4.78, 5) is 10.7. The Bertz CT molecular complexity index is 508. The highest BCUT2D eigenvalue weighted by Gasteiger charge is 2.46. The van der Waals surface area contributed by atoms with Gasteiger partial charge in [-0.1, -0.05) is 11.6 Å². The van der Waals surface area contributed by atoms with Crippen LogP contribution in [-0.4, -0.2) is 24.3 Å². The van der Waals surface area contributed by atoms with Crippen molar-refractivity contribution in [1.29, 1.82) is 0 Å². The summed E-state index contributed by atoms with van der Waals surface area (Å²) in [5, 5.41) is 9.22. The first-order chi connectivity index (χ1) is 8.58. The van der Waals surface area contributed by atoms with E-state index in [0.29, 0.717) is 35.3 Å². The van der Waals surface area contributed by atoms with Crippen molar-refractivity contribution in [2.24, 2.45) is 5.41 Å². The smallest absolute Gasteiger partial charge is 0.307 e. The number of carboxylic acid groups (broad SMARTS) is 1.